The lowest BCUT2D eigenvalue weighted by Gasteiger charge is -2.14. The quantitative estimate of drug-likeness (QED) is 0.821. The molecule has 1 saturated carbocycles. The molecule has 1 aliphatic carbocycles. The van der Waals surface area contributed by atoms with Gasteiger partial charge in [-0.05, 0) is 51.8 Å². The van der Waals surface area contributed by atoms with Crippen LogP contribution in [0.3, 0.4) is 0 Å². The number of aryl methyl sites for hydroxylation is 1. The first-order chi connectivity index (χ1) is 12.3. The molecule has 0 unspecified atom stereocenters. The van der Waals surface area contributed by atoms with E-state index in [0.29, 0.717) is 11.6 Å². The minimum absolute atomic E-state index is 0.395. The van der Waals surface area contributed by atoms with E-state index in [1.807, 2.05) is 13.8 Å². The molecule has 0 spiro atoms. The highest BCUT2D eigenvalue weighted by molar-refractivity contribution is 5.98. The average molecular weight is 362 g/mol. The number of esters is 1. The molecule has 0 saturated heterocycles. The van der Waals surface area contributed by atoms with Crippen molar-refractivity contribution in [1.29, 1.82) is 0 Å². The second-order valence-electron chi connectivity index (χ2n) is 6.52. The van der Waals surface area contributed by atoms with Gasteiger partial charge in [0.15, 0.2) is 6.10 Å². The molecule has 0 bridgehead atoms. The first-order valence-electron chi connectivity index (χ1n) is 8.44. The zero-order chi connectivity index (χ0) is 19.0. The van der Waals surface area contributed by atoms with Gasteiger partial charge in [-0.1, -0.05) is 6.07 Å². The Labute approximate surface area is 150 Å². The third kappa shape index (κ3) is 3.47. The van der Waals surface area contributed by atoms with E-state index in [1.54, 1.807) is 6.07 Å². The van der Waals surface area contributed by atoms with Gasteiger partial charge in [-0.15, -0.1) is 0 Å². The third-order valence-electron chi connectivity index (χ3n) is 4.48. The van der Waals surface area contributed by atoms with E-state index in [4.69, 9.17) is 4.74 Å². The number of carbonyl (C=O) groups excluding carboxylic acids is 2. The SMILES string of the molecule is Cc1cc(C(=O)O[C@H](C)C(=O)Nc2c(F)cccc2F)c(C)n1C1CC1. The van der Waals surface area contributed by atoms with Crippen LogP contribution in [0.25, 0.3) is 0 Å². The molecule has 0 aliphatic heterocycles. The zero-order valence-electron chi connectivity index (χ0n) is 14.8. The number of benzene rings is 1. The number of ether oxygens (including phenoxy) is 1. The number of nitrogens with zero attached hydrogens (tertiary/aromatic N) is 1. The maximum absolute atomic E-state index is 13.6. The third-order valence-corrected chi connectivity index (χ3v) is 4.48. The fourth-order valence-electron chi connectivity index (χ4n) is 3.00. The summed E-state index contributed by atoms with van der Waals surface area (Å²) in [6.07, 6.45) is 0.959. The highest BCUT2D eigenvalue weighted by Crippen LogP contribution is 2.38. The Bertz CT molecular complexity index is 852. The molecule has 5 nitrogen and oxygen atoms in total. The van der Waals surface area contributed by atoms with E-state index in [9.17, 15) is 18.4 Å². The van der Waals surface area contributed by atoms with Crippen LogP contribution in [0.5, 0.6) is 0 Å². The zero-order valence-corrected chi connectivity index (χ0v) is 14.8. The number of rotatable bonds is 5. The molecular weight excluding hydrogens is 342 g/mol. The first kappa shape index (κ1) is 18.1. The summed E-state index contributed by atoms with van der Waals surface area (Å²) in [4.78, 5) is 24.5. The van der Waals surface area contributed by atoms with Crippen LogP contribution in [-0.4, -0.2) is 22.5 Å². The second-order valence-corrected chi connectivity index (χ2v) is 6.52. The first-order valence-corrected chi connectivity index (χ1v) is 8.44. The lowest BCUT2D eigenvalue weighted by atomic mass is 10.2. The van der Waals surface area contributed by atoms with Crippen molar-refractivity contribution in [2.75, 3.05) is 5.32 Å². The number of aromatic nitrogens is 1. The standard InChI is InChI=1S/C19H20F2N2O3/c1-10-9-14(11(2)23(10)13-7-8-13)19(25)26-12(3)18(24)22-17-15(20)5-4-6-16(17)21/h4-6,9,12-13H,7-8H2,1-3H3,(H,22,24)/t12-/m1/s1. The van der Waals surface area contributed by atoms with Crippen LogP contribution in [-0.2, 0) is 9.53 Å². The number of nitrogens with one attached hydrogen (secondary N) is 1. The summed E-state index contributed by atoms with van der Waals surface area (Å²) >= 11 is 0. The van der Waals surface area contributed by atoms with Crippen LogP contribution in [0.2, 0.25) is 0 Å². The number of hydrogen-bond donors (Lipinski definition) is 1. The number of hydrogen-bond acceptors (Lipinski definition) is 3. The number of amides is 1. The van der Waals surface area contributed by atoms with Crippen molar-refractivity contribution in [3.8, 4) is 0 Å². The van der Waals surface area contributed by atoms with Gasteiger partial charge in [-0.25, -0.2) is 13.6 Å². The summed E-state index contributed by atoms with van der Waals surface area (Å²) in [5.41, 5.74) is 1.59. The van der Waals surface area contributed by atoms with Crippen LogP contribution in [0.1, 0.15) is 47.6 Å². The van der Waals surface area contributed by atoms with Gasteiger partial charge in [0, 0.05) is 17.4 Å². The Kier molecular flexibility index (Phi) is 4.80. The van der Waals surface area contributed by atoms with Crippen LogP contribution in [0.4, 0.5) is 14.5 Å². The molecule has 1 aliphatic rings. The predicted molar refractivity (Wildman–Crippen MR) is 92.0 cm³/mol. The largest absolute Gasteiger partial charge is 0.449 e. The van der Waals surface area contributed by atoms with E-state index in [1.165, 1.54) is 13.0 Å². The van der Waals surface area contributed by atoms with E-state index < -0.39 is 35.3 Å². The second kappa shape index (κ2) is 6.90. The molecule has 1 atom stereocenters. The number of anilines is 1. The minimum atomic E-state index is -1.20. The summed E-state index contributed by atoms with van der Waals surface area (Å²) in [6.45, 7) is 5.10. The summed E-state index contributed by atoms with van der Waals surface area (Å²) in [5, 5.41) is 2.12. The van der Waals surface area contributed by atoms with E-state index in [-0.39, 0.29) is 0 Å². The highest BCUT2D eigenvalue weighted by Gasteiger charge is 2.30. The van der Waals surface area contributed by atoms with Gasteiger partial charge in [0.2, 0.25) is 0 Å². The van der Waals surface area contributed by atoms with E-state index in [2.05, 4.69) is 9.88 Å². The lowest BCUT2D eigenvalue weighted by Crippen LogP contribution is -2.30. The fourth-order valence-corrected chi connectivity index (χ4v) is 3.00. The Morgan fingerprint density at radius 3 is 2.42 bits per heavy atom. The van der Waals surface area contributed by atoms with Crippen molar-refractivity contribution in [3.63, 3.8) is 0 Å². The number of para-hydroxylation sites is 1. The molecule has 1 N–H and O–H groups in total. The molecule has 1 amide bonds. The smallest absolute Gasteiger partial charge is 0.340 e. The van der Waals surface area contributed by atoms with Gasteiger partial charge in [0.25, 0.3) is 5.91 Å². The Morgan fingerprint density at radius 1 is 1.23 bits per heavy atom. The summed E-state index contributed by atoms with van der Waals surface area (Å²) in [6, 6.07) is 5.40. The normalized spacial score (nSPS) is 14.8. The lowest BCUT2D eigenvalue weighted by molar-refractivity contribution is -0.123. The maximum atomic E-state index is 13.6. The molecule has 138 valence electrons. The van der Waals surface area contributed by atoms with Crippen molar-refractivity contribution in [3.05, 3.63) is 52.9 Å². The molecular formula is C19H20F2N2O3. The highest BCUT2D eigenvalue weighted by atomic mass is 19.1. The van der Waals surface area contributed by atoms with E-state index >= 15 is 0 Å². The topological polar surface area (TPSA) is 60.3 Å². The van der Waals surface area contributed by atoms with Gasteiger partial charge in [0.1, 0.15) is 17.3 Å². The summed E-state index contributed by atoms with van der Waals surface area (Å²) < 4.78 is 34.5. The molecule has 1 aromatic heterocycles. The maximum Gasteiger partial charge on any atom is 0.340 e. The van der Waals surface area contributed by atoms with Crippen LogP contribution in [0, 0.1) is 25.5 Å². The Balaban J connectivity index is 1.69. The summed E-state index contributed by atoms with van der Waals surface area (Å²) in [7, 11) is 0. The summed E-state index contributed by atoms with van der Waals surface area (Å²) in [5.74, 6) is -3.24. The Morgan fingerprint density at radius 2 is 1.85 bits per heavy atom. The van der Waals surface area contributed by atoms with Gasteiger partial charge < -0.3 is 14.6 Å². The van der Waals surface area contributed by atoms with Gasteiger partial charge in [-0.2, -0.15) is 0 Å². The monoisotopic (exact) mass is 362 g/mol. The van der Waals surface area contributed by atoms with Crippen molar-refractivity contribution in [2.24, 2.45) is 0 Å². The predicted octanol–water partition coefficient (Wildman–Crippen LogP) is 3.90. The average Bonchev–Trinajstić information content (AvgIpc) is 3.36. The van der Waals surface area contributed by atoms with Gasteiger partial charge in [-0.3, -0.25) is 4.79 Å². The van der Waals surface area contributed by atoms with Crippen LogP contribution in [0.15, 0.2) is 24.3 Å². The number of halogens is 2. The molecule has 1 heterocycles. The fraction of sp³-hybridized carbons (Fsp3) is 0.368. The molecule has 1 fully saturated rings. The van der Waals surface area contributed by atoms with Crippen molar-refractivity contribution in [2.45, 2.75) is 45.8 Å². The minimum Gasteiger partial charge on any atom is -0.449 e. The molecule has 7 heteroatoms. The number of carbonyl (C=O) groups is 2. The molecule has 26 heavy (non-hydrogen) atoms. The molecule has 2 aromatic rings. The molecule has 0 radical (unpaired) electrons. The van der Waals surface area contributed by atoms with Crippen LogP contribution < -0.4 is 5.32 Å². The van der Waals surface area contributed by atoms with E-state index in [0.717, 1.165) is 36.4 Å². The molecule has 1 aromatic carbocycles. The van der Waals surface area contributed by atoms with Gasteiger partial charge >= 0.3 is 5.97 Å². The van der Waals surface area contributed by atoms with Crippen molar-refractivity contribution < 1.29 is 23.1 Å². The Hall–Kier alpha value is -2.70. The van der Waals surface area contributed by atoms with Crippen molar-refractivity contribution in [1.82, 2.24) is 4.57 Å². The van der Waals surface area contributed by atoms with Crippen molar-refractivity contribution >= 4 is 17.6 Å². The molecule has 3 rings (SSSR count). The van der Waals surface area contributed by atoms with Gasteiger partial charge in [0.05, 0.1) is 5.56 Å². The van der Waals surface area contributed by atoms with Crippen LogP contribution >= 0.6 is 0 Å².